The molecule has 1 N–H and O–H groups in total. The van der Waals surface area contributed by atoms with Gasteiger partial charge in [0.05, 0.1) is 6.61 Å². The highest BCUT2D eigenvalue weighted by Crippen LogP contribution is 2.29. The summed E-state index contributed by atoms with van der Waals surface area (Å²) in [6.07, 6.45) is 0. The van der Waals surface area contributed by atoms with E-state index < -0.39 is 0 Å². The Morgan fingerprint density at radius 1 is 1.44 bits per heavy atom. The maximum atomic E-state index is 8.86. The molecule has 0 unspecified atom stereocenters. The normalized spacial score (nSPS) is 10.4. The SMILES string of the molecule is Cc1ccc(Br)cc1Oc1nnc(CO)s1. The molecule has 0 saturated carbocycles. The molecule has 84 valence electrons. The number of halogens is 1. The molecule has 0 aliphatic heterocycles. The Labute approximate surface area is 105 Å². The van der Waals surface area contributed by atoms with Crippen molar-refractivity contribution in [1.82, 2.24) is 10.2 Å². The van der Waals surface area contributed by atoms with Crippen molar-refractivity contribution in [2.24, 2.45) is 0 Å². The molecule has 0 atom stereocenters. The predicted octanol–water partition coefficient (Wildman–Crippen LogP) is 2.89. The number of aliphatic hydroxyl groups excluding tert-OH is 1. The maximum absolute atomic E-state index is 8.86. The van der Waals surface area contributed by atoms with Crippen LogP contribution in [0.25, 0.3) is 0 Å². The molecule has 0 aliphatic rings. The van der Waals surface area contributed by atoms with Gasteiger partial charge in [-0.3, -0.25) is 0 Å². The number of aliphatic hydroxyl groups is 1. The van der Waals surface area contributed by atoms with E-state index in [9.17, 15) is 0 Å². The fourth-order valence-electron chi connectivity index (χ4n) is 1.12. The number of nitrogens with zero attached hydrogens (tertiary/aromatic N) is 2. The van der Waals surface area contributed by atoms with Crippen LogP contribution < -0.4 is 4.74 Å². The minimum Gasteiger partial charge on any atom is -0.429 e. The molecule has 0 bridgehead atoms. The van der Waals surface area contributed by atoms with Crippen LogP contribution >= 0.6 is 27.3 Å². The number of hydrogen-bond donors (Lipinski definition) is 1. The van der Waals surface area contributed by atoms with E-state index in [1.807, 2.05) is 25.1 Å². The molecule has 2 aromatic rings. The smallest absolute Gasteiger partial charge is 0.299 e. The summed E-state index contributed by atoms with van der Waals surface area (Å²) in [6.45, 7) is 1.84. The van der Waals surface area contributed by atoms with Gasteiger partial charge in [-0.05, 0) is 24.6 Å². The van der Waals surface area contributed by atoms with Crippen LogP contribution in [0, 0.1) is 6.92 Å². The Morgan fingerprint density at radius 2 is 2.25 bits per heavy atom. The van der Waals surface area contributed by atoms with Gasteiger partial charge in [-0.15, -0.1) is 5.10 Å². The van der Waals surface area contributed by atoms with Crippen LogP contribution in [0.1, 0.15) is 10.6 Å². The fraction of sp³-hybridized carbons (Fsp3) is 0.200. The number of aromatic nitrogens is 2. The summed E-state index contributed by atoms with van der Waals surface area (Å²) in [5.74, 6) is 0.731. The van der Waals surface area contributed by atoms with Crippen molar-refractivity contribution in [3.63, 3.8) is 0 Å². The van der Waals surface area contributed by atoms with Gasteiger partial charge in [0.2, 0.25) is 0 Å². The van der Waals surface area contributed by atoms with E-state index in [2.05, 4.69) is 26.1 Å². The first-order valence-corrected chi connectivity index (χ1v) is 6.17. The third kappa shape index (κ3) is 2.58. The Morgan fingerprint density at radius 3 is 2.94 bits per heavy atom. The highest BCUT2D eigenvalue weighted by molar-refractivity contribution is 9.10. The zero-order chi connectivity index (χ0) is 11.5. The van der Waals surface area contributed by atoms with Gasteiger partial charge in [-0.1, -0.05) is 38.4 Å². The number of ether oxygens (including phenoxy) is 1. The molecule has 0 aliphatic carbocycles. The maximum Gasteiger partial charge on any atom is 0.299 e. The molecule has 0 amide bonds. The van der Waals surface area contributed by atoms with Crippen LogP contribution in [-0.4, -0.2) is 15.3 Å². The lowest BCUT2D eigenvalue weighted by molar-refractivity contribution is 0.280. The molecule has 1 aromatic heterocycles. The molecule has 1 aromatic carbocycles. The van der Waals surface area contributed by atoms with Gasteiger partial charge in [-0.2, -0.15) is 0 Å². The zero-order valence-corrected chi connectivity index (χ0v) is 10.9. The number of hydrogen-bond acceptors (Lipinski definition) is 5. The molecule has 1 heterocycles. The van der Waals surface area contributed by atoms with Gasteiger partial charge in [0, 0.05) is 4.47 Å². The minimum absolute atomic E-state index is 0.113. The molecule has 0 spiro atoms. The van der Waals surface area contributed by atoms with Crippen LogP contribution in [0.2, 0.25) is 0 Å². The van der Waals surface area contributed by atoms with Crippen LogP contribution in [0.3, 0.4) is 0 Å². The van der Waals surface area contributed by atoms with Crippen LogP contribution in [0.15, 0.2) is 22.7 Å². The first-order chi connectivity index (χ1) is 7.69. The Balaban J connectivity index is 2.22. The molecule has 0 saturated heterocycles. The fourth-order valence-corrected chi connectivity index (χ4v) is 2.02. The summed E-state index contributed by atoms with van der Waals surface area (Å²) in [7, 11) is 0. The number of rotatable bonds is 3. The third-order valence-corrected chi connectivity index (χ3v) is 3.21. The van der Waals surface area contributed by atoms with Crippen LogP contribution in [0.5, 0.6) is 10.9 Å². The van der Waals surface area contributed by atoms with Gasteiger partial charge in [0.1, 0.15) is 10.8 Å². The first-order valence-electron chi connectivity index (χ1n) is 4.56. The Bertz CT molecular complexity index is 501. The Kier molecular flexibility index (Phi) is 3.52. The second-order valence-electron chi connectivity index (χ2n) is 3.13. The van der Waals surface area contributed by atoms with Crippen molar-refractivity contribution >= 4 is 27.3 Å². The van der Waals surface area contributed by atoms with Gasteiger partial charge in [-0.25, -0.2) is 0 Å². The molecule has 6 heteroatoms. The van der Waals surface area contributed by atoms with Crippen molar-refractivity contribution in [2.45, 2.75) is 13.5 Å². The Hall–Kier alpha value is -0.980. The third-order valence-electron chi connectivity index (χ3n) is 1.93. The molecule has 0 fully saturated rings. The second-order valence-corrected chi connectivity index (χ2v) is 5.07. The van der Waals surface area contributed by atoms with Crippen molar-refractivity contribution in [1.29, 1.82) is 0 Å². The molecule has 0 radical (unpaired) electrons. The van der Waals surface area contributed by atoms with E-state index in [1.165, 1.54) is 11.3 Å². The van der Waals surface area contributed by atoms with Gasteiger partial charge >= 0.3 is 0 Å². The summed E-state index contributed by atoms with van der Waals surface area (Å²) in [4.78, 5) is 0. The second kappa shape index (κ2) is 4.90. The first kappa shape index (κ1) is 11.5. The molecule has 4 nitrogen and oxygen atoms in total. The average Bonchev–Trinajstić information content (AvgIpc) is 2.71. The van der Waals surface area contributed by atoms with E-state index in [4.69, 9.17) is 9.84 Å². The van der Waals surface area contributed by atoms with Crippen molar-refractivity contribution in [2.75, 3.05) is 0 Å². The topological polar surface area (TPSA) is 55.2 Å². The van der Waals surface area contributed by atoms with Gasteiger partial charge in [0.25, 0.3) is 5.19 Å². The number of benzene rings is 1. The molecule has 16 heavy (non-hydrogen) atoms. The summed E-state index contributed by atoms with van der Waals surface area (Å²) < 4.78 is 6.52. The largest absolute Gasteiger partial charge is 0.429 e. The van der Waals surface area contributed by atoms with E-state index >= 15 is 0 Å². The van der Waals surface area contributed by atoms with Crippen LogP contribution in [-0.2, 0) is 6.61 Å². The van der Waals surface area contributed by atoms with E-state index in [-0.39, 0.29) is 6.61 Å². The van der Waals surface area contributed by atoms with Crippen molar-refractivity contribution in [3.05, 3.63) is 33.2 Å². The summed E-state index contributed by atoms with van der Waals surface area (Å²) in [6, 6.07) is 5.77. The minimum atomic E-state index is -0.113. The molecular formula is C10H9BrN2O2S. The van der Waals surface area contributed by atoms with Crippen LogP contribution in [0.4, 0.5) is 0 Å². The van der Waals surface area contributed by atoms with E-state index in [0.717, 1.165) is 15.8 Å². The molecular weight excluding hydrogens is 292 g/mol. The van der Waals surface area contributed by atoms with Gasteiger partial charge in [0.15, 0.2) is 0 Å². The lowest BCUT2D eigenvalue weighted by Crippen LogP contribution is -1.86. The summed E-state index contributed by atoms with van der Waals surface area (Å²) in [5.41, 5.74) is 1.02. The monoisotopic (exact) mass is 300 g/mol. The predicted molar refractivity (Wildman–Crippen MR) is 64.8 cm³/mol. The van der Waals surface area contributed by atoms with E-state index in [0.29, 0.717) is 10.2 Å². The zero-order valence-electron chi connectivity index (χ0n) is 8.48. The molecule has 2 rings (SSSR count). The quantitative estimate of drug-likeness (QED) is 0.947. The standard InChI is InChI=1S/C10H9BrN2O2S/c1-6-2-3-7(11)4-8(6)15-10-13-12-9(5-14)16-10/h2-4,14H,5H2,1H3. The summed E-state index contributed by atoms with van der Waals surface area (Å²) >= 11 is 4.61. The highest BCUT2D eigenvalue weighted by atomic mass is 79.9. The highest BCUT2D eigenvalue weighted by Gasteiger charge is 2.07. The average molecular weight is 301 g/mol. The number of aryl methyl sites for hydroxylation is 1. The van der Waals surface area contributed by atoms with E-state index in [1.54, 1.807) is 0 Å². The van der Waals surface area contributed by atoms with Crippen molar-refractivity contribution in [3.8, 4) is 10.9 Å². The lowest BCUT2D eigenvalue weighted by atomic mass is 10.2. The van der Waals surface area contributed by atoms with Crippen molar-refractivity contribution < 1.29 is 9.84 Å². The lowest BCUT2D eigenvalue weighted by Gasteiger charge is -2.04. The van der Waals surface area contributed by atoms with Gasteiger partial charge < -0.3 is 9.84 Å². The summed E-state index contributed by atoms with van der Waals surface area (Å²) in [5, 5.41) is 17.4.